The summed E-state index contributed by atoms with van der Waals surface area (Å²) in [6, 6.07) is 8.28. The summed E-state index contributed by atoms with van der Waals surface area (Å²) in [5.74, 6) is -6.31. The van der Waals surface area contributed by atoms with Crippen molar-refractivity contribution in [3.05, 3.63) is 95.6 Å². The van der Waals surface area contributed by atoms with E-state index in [4.69, 9.17) is 23.7 Å². The van der Waals surface area contributed by atoms with Crippen LogP contribution in [-0.2, 0) is 54.3 Å². The number of amides is 1. The summed E-state index contributed by atoms with van der Waals surface area (Å²) in [6.45, 7) is 13.2. The number of aliphatic hydroxyl groups is 3. The molecule has 400 valence electrons. The van der Waals surface area contributed by atoms with Gasteiger partial charge in [-0.3, -0.25) is 19.2 Å². The topological polar surface area (TPSA) is 195 Å². The van der Waals surface area contributed by atoms with Gasteiger partial charge in [-0.15, -0.1) is 0 Å². The Morgan fingerprint density at radius 3 is 2.26 bits per heavy atom. The van der Waals surface area contributed by atoms with E-state index >= 15 is 0 Å². The maximum absolute atomic E-state index is 13.9. The number of piperidine rings is 1. The molecule has 0 unspecified atom stereocenters. The Hall–Kier alpha value is -4.41. The number of aliphatic hydroxyl groups excluding tert-OH is 2. The van der Waals surface area contributed by atoms with Gasteiger partial charge in [-0.1, -0.05) is 107 Å². The zero-order valence-electron chi connectivity index (χ0n) is 44.6. The zero-order valence-corrected chi connectivity index (χ0v) is 44.6. The van der Waals surface area contributed by atoms with E-state index in [0.717, 1.165) is 30.4 Å². The number of ketones is 3. The second kappa shape index (κ2) is 29.5. The summed E-state index contributed by atoms with van der Waals surface area (Å²) < 4.78 is 28.5. The lowest BCUT2D eigenvalue weighted by molar-refractivity contribution is -0.265. The van der Waals surface area contributed by atoms with E-state index in [-0.39, 0.29) is 42.7 Å². The number of ether oxygens (including phenoxy) is 5. The van der Waals surface area contributed by atoms with Gasteiger partial charge in [0, 0.05) is 52.0 Å². The predicted octanol–water partition coefficient (Wildman–Crippen LogP) is 8.16. The molecule has 1 amide bonds. The van der Waals surface area contributed by atoms with E-state index in [9.17, 15) is 39.3 Å². The Balaban J connectivity index is 1.26. The molecule has 2 saturated heterocycles. The Bertz CT molecular complexity index is 2080. The molecule has 3 aliphatic rings. The number of likely N-dealkylation sites (tertiary alicyclic amines) is 1. The van der Waals surface area contributed by atoms with Gasteiger partial charge in [0.25, 0.3) is 11.7 Å². The van der Waals surface area contributed by atoms with Crippen molar-refractivity contribution in [3.63, 3.8) is 0 Å². The highest BCUT2D eigenvalue weighted by Gasteiger charge is 2.53. The molecule has 3 fully saturated rings. The van der Waals surface area contributed by atoms with Crippen LogP contribution in [0.3, 0.4) is 0 Å². The number of carbonyl (C=O) groups excluding carboxylic acids is 5. The van der Waals surface area contributed by atoms with Gasteiger partial charge in [0.05, 0.1) is 24.4 Å². The summed E-state index contributed by atoms with van der Waals surface area (Å²) in [5.41, 5.74) is 2.17. The number of methoxy groups -OCH3 is 3. The first-order valence-corrected chi connectivity index (χ1v) is 26.1. The molecule has 1 aliphatic carbocycles. The molecule has 2 heterocycles. The van der Waals surface area contributed by atoms with Crippen LogP contribution in [0.2, 0.25) is 0 Å². The van der Waals surface area contributed by atoms with Gasteiger partial charge in [-0.2, -0.15) is 0 Å². The van der Waals surface area contributed by atoms with Gasteiger partial charge in [0.1, 0.15) is 24.9 Å². The van der Waals surface area contributed by atoms with Crippen LogP contribution in [0, 0.1) is 35.5 Å². The molecule has 2 aliphatic heterocycles. The molecule has 0 spiro atoms. The van der Waals surface area contributed by atoms with Crippen molar-refractivity contribution in [2.75, 3.05) is 27.9 Å². The summed E-state index contributed by atoms with van der Waals surface area (Å²) in [5, 5.41) is 33.1. The highest BCUT2D eigenvalue weighted by Crippen LogP contribution is 2.37. The average molecular weight is 1000 g/mol. The summed E-state index contributed by atoms with van der Waals surface area (Å²) in [7, 11) is 4.61. The van der Waals surface area contributed by atoms with Crippen LogP contribution in [-0.4, -0.2) is 126 Å². The van der Waals surface area contributed by atoms with Crippen LogP contribution in [0.4, 0.5) is 0 Å². The average Bonchev–Trinajstić information content (AvgIpc) is 3.37. The molecule has 0 bridgehead atoms. The molecule has 14 heteroatoms. The minimum absolute atomic E-state index is 0.0167. The monoisotopic (exact) mass is 1000 g/mol. The van der Waals surface area contributed by atoms with Crippen molar-refractivity contribution in [3.8, 4) is 0 Å². The third-order valence-electron chi connectivity index (χ3n) is 14.9. The Kier molecular flexibility index (Phi) is 24.6. The molecular formula is C58H85NO13. The second-order valence-corrected chi connectivity index (χ2v) is 20.8. The molecule has 14 atom stereocenters. The number of carbonyl (C=O) groups is 5. The predicted molar refractivity (Wildman–Crippen MR) is 276 cm³/mol. The second-order valence-electron chi connectivity index (χ2n) is 20.8. The Labute approximate surface area is 428 Å². The molecule has 1 saturated carbocycles. The van der Waals surface area contributed by atoms with Gasteiger partial charge in [-0.05, 0) is 119 Å². The van der Waals surface area contributed by atoms with Crippen molar-refractivity contribution in [2.24, 2.45) is 35.5 Å². The van der Waals surface area contributed by atoms with Gasteiger partial charge in [0.2, 0.25) is 5.79 Å². The fraction of sp³-hybridized carbons (Fsp3) is 0.638. The zero-order chi connectivity index (χ0) is 53.1. The first kappa shape index (κ1) is 60.1. The van der Waals surface area contributed by atoms with Crippen LogP contribution < -0.4 is 0 Å². The summed E-state index contributed by atoms with van der Waals surface area (Å²) in [4.78, 5) is 68.7. The van der Waals surface area contributed by atoms with E-state index < -0.39 is 77.8 Å². The van der Waals surface area contributed by atoms with Crippen molar-refractivity contribution < 1.29 is 63.0 Å². The fourth-order valence-electron chi connectivity index (χ4n) is 10.3. The number of nitrogens with zero attached hydrogens (tertiary/aromatic N) is 1. The number of Topliss-reactive ketones (excluding diaryl/α,β-unsaturated/α-hetero) is 2. The van der Waals surface area contributed by atoms with Crippen LogP contribution in [0.1, 0.15) is 125 Å². The molecule has 0 aromatic heterocycles. The standard InChI is InChI=1S/C58H85NO13/c1-37(31-41(5)52(62)54(70-10)53(63)42(6)33-40(4)48(60)28-24-38(2)32-45-26-29-49(61)51(34-45)69-9)19-13-11-14-20-39(3)50(68-8)35-46-27-25-43(7)58(67,72-46)55(64)56(65)59-30-18-17-23-47(59)57(66)71-36-44-21-15-12-16-22-44/h11-16,19-22,24,28,33,37-38,40-41,43,45-47,49-51,53-54,61,63,67H,17-18,23,25-27,29-32,34-36H2,1-10H3/b14-11+,19-13+,28-24+,39-20+,42-33+/t37-,38+,40-,41-,43-,45+,46+,47+,49-,50+,51-,53-,54+,58-/m1/s1. The van der Waals surface area contributed by atoms with Crippen LogP contribution in [0.5, 0.6) is 0 Å². The van der Waals surface area contributed by atoms with E-state index in [1.54, 1.807) is 47.1 Å². The number of esters is 1. The SMILES string of the molecule is CO[C@@H](C[C@@H]1CC[C@@H](C)[C@](O)(C(=O)C(=O)N2CCCC[C@H]2C(=O)OCc2ccccc2)O1)/C(C)=C/C=C/C=C/[C@@H](C)C[C@@H](C)C(=O)[C@H](OC)[C@H](O)/C(C)=C/[C@@H](C)C(=O)/C=C/[C@H](C)C[C@@H]1CC[C@@H](O)[C@H](OC)C1. The Morgan fingerprint density at radius 1 is 0.861 bits per heavy atom. The number of rotatable bonds is 26. The molecule has 1 aromatic rings. The third-order valence-corrected chi connectivity index (χ3v) is 14.9. The highest BCUT2D eigenvalue weighted by molar-refractivity contribution is 6.39. The number of allylic oxidation sites excluding steroid dienone is 8. The third kappa shape index (κ3) is 17.3. The molecule has 4 rings (SSSR count). The molecule has 14 nitrogen and oxygen atoms in total. The first-order chi connectivity index (χ1) is 34.2. The van der Waals surface area contributed by atoms with Crippen molar-refractivity contribution in [2.45, 2.75) is 174 Å². The molecule has 1 aromatic carbocycles. The quantitative estimate of drug-likeness (QED) is 0.0265. The molecule has 0 radical (unpaired) electrons. The minimum Gasteiger partial charge on any atom is -0.459 e. The smallest absolute Gasteiger partial charge is 0.329 e. The lowest BCUT2D eigenvalue weighted by Crippen LogP contribution is -2.60. The van der Waals surface area contributed by atoms with Gasteiger partial charge >= 0.3 is 5.97 Å². The highest BCUT2D eigenvalue weighted by atomic mass is 16.6. The maximum atomic E-state index is 13.9. The fourth-order valence-corrected chi connectivity index (χ4v) is 10.3. The van der Waals surface area contributed by atoms with Crippen molar-refractivity contribution in [1.29, 1.82) is 0 Å². The summed E-state index contributed by atoms with van der Waals surface area (Å²) in [6.07, 6.45) is 17.7. The van der Waals surface area contributed by atoms with Crippen molar-refractivity contribution >= 4 is 29.2 Å². The van der Waals surface area contributed by atoms with Gasteiger partial charge in [0.15, 0.2) is 11.6 Å². The first-order valence-electron chi connectivity index (χ1n) is 26.1. The van der Waals surface area contributed by atoms with Crippen molar-refractivity contribution in [1.82, 2.24) is 4.90 Å². The lowest BCUT2D eigenvalue weighted by Gasteiger charge is -2.42. The largest absolute Gasteiger partial charge is 0.459 e. The van der Waals surface area contributed by atoms with Gasteiger partial charge < -0.3 is 43.9 Å². The van der Waals surface area contributed by atoms with Crippen LogP contribution in [0.25, 0.3) is 0 Å². The van der Waals surface area contributed by atoms with E-state index in [2.05, 4.69) is 6.92 Å². The van der Waals surface area contributed by atoms with E-state index in [0.29, 0.717) is 62.9 Å². The number of benzene rings is 1. The summed E-state index contributed by atoms with van der Waals surface area (Å²) >= 11 is 0. The van der Waals surface area contributed by atoms with Crippen LogP contribution >= 0.6 is 0 Å². The number of hydrogen-bond donors (Lipinski definition) is 3. The number of hydrogen-bond acceptors (Lipinski definition) is 13. The molecule has 72 heavy (non-hydrogen) atoms. The van der Waals surface area contributed by atoms with E-state index in [1.165, 1.54) is 12.0 Å². The lowest BCUT2D eigenvalue weighted by atomic mass is 9.80. The maximum Gasteiger partial charge on any atom is 0.329 e. The normalized spacial score (nSPS) is 27.5. The van der Waals surface area contributed by atoms with E-state index in [1.807, 2.05) is 87.6 Å². The molecular weight excluding hydrogens is 919 g/mol. The Morgan fingerprint density at radius 2 is 1.58 bits per heavy atom. The van der Waals surface area contributed by atoms with Gasteiger partial charge in [-0.25, -0.2) is 4.79 Å². The minimum atomic E-state index is -2.37. The van der Waals surface area contributed by atoms with Crippen LogP contribution in [0.15, 0.2) is 90.1 Å². The molecule has 3 N–H and O–H groups in total.